The minimum Gasteiger partial charge on any atom is -0.506 e. The van der Waals surface area contributed by atoms with Crippen molar-refractivity contribution in [3.63, 3.8) is 0 Å². The number of nitrogens with zero attached hydrogens (tertiary/aromatic N) is 3. The Balaban J connectivity index is 1.52. The molecule has 5 rings (SSSR count). The van der Waals surface area contributed by atoms with Gasteiger partial charge in [-0.1, -0.05) is 45.7 Å². The van der Waals surface area contributed by atoms with Gasteiger partial charge in [-0.25, -0.2) is 4.98 Å². The maximum Gasteiger partial charge on any atom is 0.264 e. The van der Waals surface area contributed by atoms with Gasteiger partial charge in [-0.3, -0.25) is 9.78 Å². The first-order chi connectivity index (χ1) is 16.4. The van der Waals surface area contributed by atoms with E-state index in [1.165, 1.54) is 6.20 Å². The molecule has 0 atom stereocenters. The van der Waals surface area contributed by atoms with E-state index >= 15 is 0 Å². The van der Waals surface area contributed by atoms with Crippen molar-refractivity contribution in [2.24, 2.45) is 0 Å². The average Bonchev–Trinajstić information content (AvgIpc) is 3.42. The van der Waals surface area contributed by atoms with Gasteiger partial charge in [0.15, 0.2) is 5.76 Å². The average molecular weight is 537 g/mol. The summed E-state index contributed by atoms with van der Waals surface area (Å²) in [5, 5.41) is 11.3. The minimum atomic E-state index is -0.262. The van der Waals surface area contributed by atoms with Crippen LogP contribution in [0.3, 0.4) is 0 Å². The molecule has 0 radical (unpaired) electrons. The summed E-state index contributed by atoms with van der Waals surface area (Å²) < 4.78 is 8.81. The van der Waals surface area contributed by atoms with Crippen LogP contribution in [0, 0.1) is 6.92 Å². The van der Waals surface area contributed by atoms with E-state index in [4.69, 9.17) is 16.0 Å². The van der Waals surface area contributed by atoms with Crippen molar-refractivity contribution in [2.45, 2.75) is 19.9 Å². The van der Waals surface area contributed by atoms with Gasteiger partial charge >= 0.3 is 0 Å². The van der Waals surface area contributed by atoms with Crippen LogP contribution >= 0.6 is 27.5 Å². The molecule has 3 heterocycles. The van der Waals surface area contributed by atoms with Crippen molar-refractivity contribution in [3.05, 3.63) is 99.2 Å². The van der Waals surface area contributed by atoms with Crippen LogP contribution in [-0.2, 0) is 13.0 Å². The van der Waals surface area contributed by atoms with Crippen LogP contribution in [0.5, 0.6) is 5.75 Å². The number of benzene rings is 2. The third-order valence-corrected chi connectivity index (χ3v) is 6.61. The number of hydrogen-bond acceptors (Lipinski definition) is 5. The number of ketones is 1. The summed E-state index contributed by atoms with van der Waals surface area (Å²) in [6, 6.07) is 16.8. The number of oxazole rings is 1. The van der Waals surface area contributed by atoms with Crippen LogP contribution in [0.2, 0.25) is 5.02 Å². The lowest BCUT2D eigenvalue weighted by molar-refractivity contribution is 0.0960. The fraction of sp³-hybridized carbons (Fsp3) is 0.115. The lowest BCUT2D eigenvalue weighted by Crippen LogP contribution is -2.06. The van der Waals surface area contributed by atoms with Crippen molar-refractivity contribution >= 4 is 44.2 Å². The lowest BCUT2D eigenvalue weighted by Gasteiger charge is -2.10. The number of phenolic OH excluding ortho intramolecular Hbond substituents is 1. The van der Waals surface area contributed by atoms with Crippen molar-refractivity contribution in [3.8, 4) is 17.2 Å². The van der Waals surface area contributed by atoms with Crippen molar-refractivity contribution in [1.82, 2.24) is 14.5 Å². The normalized spacial score (nSPS) is 11.3. The Bertz CT molecular complexity index is 1510. The predicted molar refractivity (Wildman–Crippen MR) is 134 cm³/mol. The van der Waals surface area contributed by atoms with E-state index in [0.29, 0.717) is 18.0 Å². The van der Waals surface area contributed by atoms with Gasteiger partial charge in [0.05, 0.1) is 16.7 Å². The standard InChI is InChI=1S/C26H19BrClN3O3/c1-15-18(10-24(33)26-30-13-25(34-26)21-4-2-3-9-29-21)19-11-23(32)20(28)12-22(19)31(15)14-16-5-7-17(27)8-6-16/h2-9,11-13,32H,10,14H2,1H3. The molecule has 0 bridgehead atoms. The molecule has 0 aliphatic rings. The molecule has 5 aromatic rings. The van der Waals surface area contributed by atoms with Crippen LogP contribution in [0.25, 0.3) is 22.4 Å². The van der Waals surface area contributed by atoms with Crippen LogP contribution in [0.15, 0.2) is 75.9 Å². The van der Waals surface area contributed by atoms with E-state index in [1.807, 2.05) is 37.3 Å². The molecule has 0 saturated carbocycles. The molecule has 2 aromatic carbocycles. The molecule has 0 fully saturated rings. The molecular formula is C26H19BrClN3O3. The highest BCUT2D eigenvalue weighted by Crippen LogP contribution is 2.35. The fourth-order valence-electron chi connectivity index (χ4n) is 4.02. The van der Waals surface area contributed by atoms with Gasteiger partial charge in [0.1, 0.15) is 11.4 Å². The lowest BCUT2D eigenvalue weighted by atomic mass is 10.0. The van der Waals surface area contributed by atoms with E-state index < -0.39 is 0 Å². The Morgan fingerprint density at radius 3 is 2.68 bits per heavy atom. The summed E-state index contributed by atoms with van der Waals surface area (Å²) in [4.78, 5) is 21.5. The number of Topliss-reactive ketones (excluding diaryl/α,β-unsaturated/α-hetero) is 1. The van der Waals surface area contributed by atoms with Gasteiger partial charge in [0.2, 0.25) is 5.78 Å². The molecule has 0 aliphatic carbocycles. The van der Waals surface area contributed by atoms with Crippen molar-refractivity contribution in [1.29, 1.82) is 0 Å². The number of fused-ring (bicyclic) bond motifs is 1. The van der Waals surface area contributed by atoms with Crippen molar-refractivity contribution in [2.75, 3.05) is 0 Å². The summed E-state index contributed by atoms with van der Waals surface area (Å²) in [6.07, 6.45) is 3.23. The second-order valence-corrected chi connectivity index (χ2v) is 9.26. The minimum absolute atomic E-state index is 0.0204. The molecule has 3 aromatic heterocycles. The maximum atomic E-state index is 13.1. The maximum absolute atomic E-state index is 13.1. The van der Waals surface area contributed by atoms with Gasteiger partial charge in [-0.15, -0.1) is 0 Å². The first-order valence-corrected chi connectivity index (χ1v) is 11.7. The number of carbonyl (C=O) groups is 1. The number of aromatic nitrogens is 3. The number of pyridine rings is 1. The van der Waals surface area contributed by atoms with Crippen LogP contribution in [0.4, 0.5) is 0 Å². The first-order valence-electron chi connectivity index (χ1n) is 10.6. The SMILES string of the molecule is Cc1c(CC(=O)c2ncc(-c3ccccn3)o2)c2cc(O)c(Cl)cc2n1Cc1ccc(Br)cc1. The molecule has 6 nitrogen and oxygen atoms in total. The second-order valence-electron chi connectivity index (χ2n) is 7.94. The second kappa shape index (κ2) is 9.08. The van der Waals surface area contributed by atoms with E-state index in [2.05, 4.69) is 30.5 Å². The predicted octanol–water partition coefficient (Wildman–Crippen LogP) is 6.59. The number of hydrogen-bond donors (Lipinski definition) is 1. The van der Waals surface area contributed by atoms with Gasteiger partial charge in [0, 0.05) is 34.7 Å². The highest BCUT2D eigenvalue weighted by Gasteiger charge is 2.22. The fourth-order valence-corrected chi connectivity index (χ4v) is 4.44. The van der Waals surface area contributed by atoms with Gasteiger partial charge in [-0.05, 0) is 54.4 Å². The number of aromatic hydroxyl groups is 1. The highest BCUT2D eigenvalue weighted by molar-refractivity contribution is 9.10. The molecule has 0 aliphatic heterocycles. The van der Waals surface area contributed by atoms with E-state index in [9.17, 15) is 9.90 Å². The molecule has 0 unspecified atom stereocenters. The molecule has 1 N–H and O–H groups in total. The van der Waals surface area contributed by atoms with Crippen molar-refractivity contribution < 1.29 is 14.3 Å². The Hall–Kier alpha value is -3.42. The van der Waals surface area contributed by atoms with Crippen LogP contribution in [0.1, 0.15) is 27.5 Å². The van der Waals surface area contributed by atoms with Gasteiger partial charge in [-0.2, -0.15) is 0 Å². The third-order valence-electron chi connectivity index (χ3n) is 5.78. The van der Waals surface area contributed by atoms with Crippen LogP contribution in [-0.4, -0.2) is 25.4 Å². The summed E-state index contributed by atoms with van der Waals surface area (Å²) >= 11 is 9.70. The number of phenols is 1. The Morgan fingerprint density at radius 1 is 1.15 bits per heavy atom. The Labute approximate surface area is 209 Å². The Morgan fingerprint density at radius 2 is 1.94 bits per heavy atom. The molecule has 0 saturated heterocycles. The smallest absolute Gasteiger partial charge is 0.264 e. The molecular weight excluding hydrogens is 518 g/mol. The first kappa shape index (κ1) is 22.4. The van der Waals surface area contributed by atoms with Crippen LogP contribution < -0.4 is 0 Å². The Kier molecular flexibility index (Phi) is 5.98. The van der Waals surface area contributed by atoms with E-state index in [-0.39, 0.29) is 28.9 Å². The number of rotatable bonds is 6. The molecule has 0 spiro atoms. The quantitative estimate of drug-likeness (QED) is 0.247. The van der Waals surface area contributed by atoms with Gasteiger partial charge < -0.3 is 14.1 Å². The molecule has 0 amide bonds. The third kappa shape index (κ3) is 4.24. The molecule has 170 valence electrons. The molecule has 34 heavy (non-hydrogen) atoms. The topological polar surface area (TPSA) is 81.2 Å². The van der Waals surface area contributed by atoms with Gasteiger partial charge in [0.25, 0.3) is 5.89 Å². The summed E-state index contributed by atoms with van der Waals surface area (Å²) in [5.74, 6) is 0.162. The zero-order valence-corrected chi connectivity index (χ0v) is 20.5. The largest absolute Gasteiger partial charge is 0.506 e. The zero-order chi connectivity index (χ0) is 23.8. The summed E-state index contributed by atoms with van der Waals surface area (Å²) in [5.41, 5.74) is 4.24. The van der Waals surface area contributed by atoms with E-state index in [0.717, 1.165) is 32.2 Å². The number of carbonyl (C=O) groups excluding carboxylic acids is 1. The summed E-state index contributed by atoms with van der Waals surface area (Å²) in [7, 11) is 0. The highest BCUT2D eigenvalue weighted by atomic mass is 79.9. The monoisotopic (exact) mass is 535 g/mol. The molecule has 8 heteroatoms. The number of halogens is 2. The van der Waals surface area contributed by atoms with E-state index in [1.54, 1.807) is 30.5 Å². The summed E-state index contributed by atoms with van der Waals surface area (Å²) in [6.45, 7) is 2.55. The zero-order valence-electron chi connectivity index (χ0n) is 18.1.